The van der Waals surface area contributed by atoms with Crippen LogP contribution in [0.2, 0.25) is 0 Å². The molecule has 3 rings (SSSR count). The monoisotopic (exact) mass is 346 g/mol. The quantitative estimate of drug-likeness (QED) is 0.697. The van der Waals surface area contributed by atoms with Crippen LogP contribution in [-0.4, -0.2) is 23.6 Å². The van der Waals surface area contributed by atoms with Crippen LogP contribution < -0.4 is 5.32 Å². The Hall–Kier alpha value is -2.54. The summed E-state index contributed by atoms with van der Waals surface area (Å²) < 4.78 is 12.7. The summed E-state index contributed by atoms with van der Waals surface area (Å²) in [5.41, 5.74) is 1.26. The zero-order chi connectivity index (χ0) is 17.1. The summed E-state index contributed by atoms with van der Waals surface area (Å²) in [6, 6.07) is 7.36. The predicted molar refractivity (Wildman–Crippen MR) is 91.1 cm³/mol. The third-order valence-electron chi connectivity index (χ3n) is 3.73. The minimum Gasteiger partial charge on any atom is -0.467 e. The molecule has 3 aromatic heterocycles. The summed E-state index contributed by atoms with van der Waals surface area (Å²) in [7, 11) is 1.34. The van der Waals surface area contributed by atoms with Crippen molar-refractivity contribution < 1.29 is 18.7 Å². The van der Waals surface area contributed by atoms with Crippen LogP contribution in [0, 0.1) is 0 Å². The Morgan fingerprint density at radius 3 is 2.88 bits per heavy atom. The van der Waals surface area contributed by atoms with Crippen LogP contribution >= 0.6 is 11.3 Å². The molecule has 1 amide bonds. The number of carbonyl (C=O) groups is 2. The Kier molecular flexibility index (Phi) is 4.71. The maximum absolute atomic E-state index is 12.3. The zero-order valence-corrected chi connectivity index (χ0v) is 14.3. The maximum Gasteiger partial charge on any atom is 0.354 e. The lowest BCUT2D eigenvalue weighted by Crippen LogP contribution is -2.28. The first-order valence-corrected chi connectivity index (χ1v) is 8.43. The number of hydrogen-bond acceptors (Lipinski definition) is 5. The number of rotatable bonds is 6. The Balaban J connectivity index is 1.83. The standard InChI is InChI=1S/C17H18N2O4S/c1-3-12-7-13-15(24-12)8-14(17(21)22-2)19(13)10-16(20)18-9-11-5-4-6-23-11/h4-8H,3,9-10H2,1-2H3,(H,18,20). The van der Waals surface area contributed by atoms with Crippen molar-refractivity contribution in [1.29, 1.82) is 0 Å². The Morgan fingerprint density at radius 1 is 1.38 bits per heavy atom. The van der Waals surface area contributed by atoms with E-state index in [0.717, 1.165) is 16.6 Å². The van der Waals surface area contributed by atoms with Gasteiger partial charge in [0.25, 0.3) is 0 Å². The van der Waals surface area contributed by atoms with Crippen molar-refractivity contribution in [1.82, 2.24) is 9.88 Å². The van der Waals surface area contributed by atoms with E-state index in [-0.39, 0.29) is 12.5 Å². The number of nitrogens with one attached hydrogen (secondary N) is 1. The predicted octanol–water partition coefficient (Wildman–Crippen LogP) is 2.96. The highest BCUT2D eigenvalue weighted by molar-refractivity contribution is 7.19. The number of methoxy groups -OCH3 is 1. The van der Waals surface area contributed by atoms with Crippen molar-refractivity contribution in [3.05, 3.63) is 46.9 Å². The summed E-state index contributed by atoms with van der Waals surface area (Å²) >= 11 is 1.62. The summed E-state index contributed by atoms with van der Waals surface area (Å²) in [5.74, 6) is 0.0339. The van der Waals surface area contributed by atoms with E-state index in [9.17, 15) is 9.59 Å². The van der Waals surface area contributed by atoms with Crippen LogP contribution in [0.15, 0.2) is 34.9 Å². The molecule has 0 spiro atoms. The van der Waals surface area contributed by atoms with E-state index in [2.05, 4.69) is 12.2 Å². The normalized spacial score (nSPS) is 10.9. The molecule has 0 bridgehead atoms. The van der Waals surface area contributed by atoms with Gasteiger partial charge in [-0.05, 0) is 30.7 Å². The van der Waals surface area contributed by atoms with Crippen LogP contribution in [0.4, 0.5) is 0 Å². The number of fused-ring (bicyclic) bond motifs is 1. The number of nitrogens with zero attached hydrogens (tertiary/aromatic N) is 1. The number of esters is 1. The lowest BCUT2D eigenvalue weighted by molar-refractivity contribution is -0.121. The van der Waals surface area contributed by atoms with Gasteiger partial charge in [0.15, 0.2) is 0 Å². The van der Waals surface area contributed by atoms with Gasteiger partial charge in [-0.1, -0.05) is 6.92 Å². The summed E-state index contributed by atoms with van der Waals surface area (Å²) in [4.78, 5) is 25.5. The number of aryl methyl sites for hydroxylation is 1. The van der Waals surface area contributed by atoms with Gasteiger partial charge in [0.1, 0.15) is 18.0 Å². The lowest BCUT2D eigenvalue weighted by atomic mass is 10.3. The molecule has 0 aliphatic heterocycles. The van der Waals surface area contributed by atoms with E-state index in [4.69, 9.17) is 9.15 Å². The number of carbonyl (C=O) groups excluding carboxylic acids is 2. The molecule has 3 heterocycles. The van der Waals surface area contributed by atoms with Crippen LogP contribution in [0.1, 0.15) is 28.0 Å². The highest BCUT2D eigenvalue weighted by Crippen LogP contribution is 2.29. The van der Waals surface area contributed by atoms with E-state index in [1.165, 1.54) is 12.0 Å². The number of hydrogen-bond donors (Lipinski definition) is 1. The van der Waals surface area contributed by atoms with Crippen molar-refractivity contribution in [2.24, 2.45) is 0 Å². The molecule has 3 aromatic rings. The van der Waals surface area contributed by atoms with Crippen molar-refractivity contribution in [3.8, 4) is 0 Å². The highest BCUT2D eigenvalue weighted by Gasteiger charge is 2.20. The molecule has 6 nitrogen and oxygen atoms in total. The van der Waals surface area contributed by atoms with Gasteiger partial charge in [0, 0.05) is 4.88 Å². The van der Waals surface area contributed by atoms with E-state index in [1.807, 2.05) is 6.07 Å². The molecule has 0 unspecified atom stereocenters. The first-order valence-electron chi connectivity index (χ1n) is 7.61. The van der Waals surface area contributed by atoms with Gasteiger partial charge in [-0.2, -0.15) is 0 Å². The van der Waals surface area contributed by atoms with E-state index in [1.54, 1.807) is 40.4 Å². The second kappa shape index (κ2) is 6.92. The Bertz CT molecular complexity index is 861. The van der Waals surface area contributed by atoms with Crippen molar-refractivity contribution in [2.75, 3.05) is 7.11 Å². The third kappa shape index (κ3) is 3.21. The fraction of sp³-hybridized carbons (Fsp3) is 0.294. The van der Waals surface area contributed by atoms with Gasteiger partial charge in [-0.15, -0.1) is 11.3 Å². The number of furan rings is 1. The van der Waals surface area contributed by atoms with Crippen molar-refractivity contribution in [2.45, 2.75) is 26.4 Å². The van der Waals surface area contributed by atoms with Crippen LogP contribution in [-0.2, 0) is 29.0 Å². The molecular weight excluding hydrogens is 328 g/mol. The van der Waals surface area contributed by atoms with Crippen LogP contribution in [0.5, 0.6) is 0 Å². The first kappa shape index (κ1) is 16.3. The van der Waals surface area contributed by atoms with E-state index in [0.29, 0.717) is 18.0 Å². The van der Waals surface area contributed by atoms with Crippen LogP contribution in [0.25, 0.3) is 10.2 Å². The molecular formula is C17H18N2O4S. The topological polar surface area (TPSA) is 73.5 Å². The molecule has 0 radical (unpaired) electrons. The molecule has 0 atom stereocenters. The lowest BCUT2D eigenvalue weighted by Gasteiger charge is -2.09. The van der Waals surface area contributed by atoms with Gasteiger partial charge in [-0.25, -0.2) is 4.79 Å². The largest absolute Gasteiger partial charge is 0.467 e. The molecule has 24 heavy (non-hydrogen) atoms. The molecule has 1 N–H and O–H groups in total. The second-order valence-electron chi connectivity index (χ2n) is 5.28. The van der Waals surface area contributed by atoms with E-state index < -0.39 is 5.97 Å². The Labute approximate surface area is 143 Å². The summed E-state index contributed by atoms with van der Waals surface area (Å²) in [5, 5.41) is 2.79. The zero-order valence-electron chi connectivity index (χ0n) is 13.5. The molecule has 0 aliphatic rings. The van der Waals surface area contributed by atoms with Gasteiger partial charge in [0.05, 0.1) is 30.1 Å². The van der Waals surface area contributed by atoms with E-state index >= 15 is 0 Å². The third-order valence-corrected chi connectivity index (χ3v) is 4.94. The van der Waals surface area contributed by atoms with Crippen molar-refractivity contribution in [3.63, 3.8) is 0 Å². The average molecular weight is 346 g/mol. The number of ether oxygens (including phenoxy) is 1. The number of thiophene rings is 1. The van der Waals surface area contributed by atoms with Crippen LogP contribution in [0.3, 0.4) is 0 Å². The maximum atomic E-state index is 12.3. The minimum absolute atomic E-state index is 0.0501. The van der Waals surface area contributed by atoms with Gasteiger partial charge >= 0.3 is 5.97 Å². The fourth-order valence-corrected chi connectivity index (χ4v) is 3.55. The molecule has 0 fully saturated rings. The molecule has 7 heteroatoms. The highest BCUT2D eigenvalue weighted by atomic mass is 32.1. The molecule has 0 aromatic carbocycles. The smallest absolute Gasteiger partial charge is 0.354 e. The number of amides is 1. The van der Waals surface area contributed by atoms with Gasteiger partial charge in [0.2, 0.25) is 5.91 Å². The molecule has 0 saturated carbocycles. The fourth-order valence-electron chi connectivity index (χ4n) is 2.51. The van der Waals surface area contributed by atoms with Gasteiger partial charge in [-0.3, -0.25) is 4.79 Å². The SMILES string of the molecule is CCc1cc2c(cc(C(=O)OC)n2CC(=O)NCc2ccco2)s1. The molecule has 0 aliphatic carbocycles. The average Bonchev–Trinajstić information content (AvgIpc) is 3.29. The Morgan fingerprint density at radius 2 is 2.21 bits per heavy atom. The minimum atomic E-state index is -0.449. The summed E-state index contributed by atoms with van der Waals surface area (Å²) in [6.45, 7) is 2.44. The number of aromatic nitrogens is 1. The summed E-state index contributed by atoms with van der Waals surface area (Å²) in [6.07, 6.45) is 2.47. The van der Waals surface area contributed by atoms with Crippen molar-refractivity contribution >= 4 is 33.4 Å². The second-order valence-corrected chi connectivity index (χ2v) is 6.45. The first-order chi connectivity index (χ1) is 11.6. The van der Waals surface area contributed by atoms with Gasteiger partial charge < -0.3 is 19.0 Å². The molecule has 126 valence electrons. The molecule has 0 saturated heterocycles.